The average Bonchev–Trinajstić information content (AvgIpc) is 2.61. The first-order valence-electron chi connectivity index (χ1n) is 9.94. The predicted octanol–water partition coefficient (Wildman–Crippen LogP) is 2.77. The Morgan fingerprint density at radius 2 is 1.93 bits per heavy atom. The number of amides is 1. The van der Waals surface area contributed by atoms with Crippen LogP contribution in [-0.2, 0) is 16.1 Å². The van der Waals surface area contributed by atoms with Gasteiger partial charge in [-0.05, 0) is 39.2 Å². The zero-order valence-electron chi connectivity index (χ0n) is 17.5. The molecule has 0 bridgehead atoms. The van der Waals surface area contributed by atoms with E-state index < -0.39 is 5.60 Å². The number of nitrogens with one attached hydrogen (secondary N) is 2. The summed E-state index contributed by atoms with van der Waals surface area (Å²) in [4.78, 5) is 17.9. The fourth-order valence-electron chi connectivity index (χ4n) is 2.73. The molecule has 1 aliphatic heterocycles. The normalized spacial score (nSPS) is 15.1. The molecular weight excluding hydrogens is 356 g/mol. The van der Waals surface area contributed by atoms with Crippen molar-refractivity contribution in [2.75, 3.05) is 33.3 Å². The first-order valence-corrected chi connectivity index (χ1v) is 9.94. The van der Waals surface area contributed by atoms with E-state index in [-0.39, 0.29) is 12.1 Å². The van der Waals surface area contributed by atoms with Gasteiger partial charge in [-0.25, -0.2) is 4.79 Å². The highest BCUT2D eigenvalue weighted by molar-refractivity contribution is 5.80. The maximum atomic E-state index is 11.9. The molecule has 0 unspecified atom stereocenters. The van der Waals surface area contributed by atoms with Crippen LogP contribution in [0.3, 0.4) is 0 Å². The molecule has 1 heterocycles. The number of likely N-dealkylation sites (tertiary alicyclic amines) is 1. The summed E-state index contributed by atoms with van der Waals surface area (Å²) in [7, 11) is 1.75. The standard InChI is InChI=1S/C21H34N4O3/c1-21(2,3)28-20(26)25-14-18(15-25)24-19(22-4)23-12-8-9-13-27-16-17-10-6-5-7-11-17/h5-7,10-11,18H,8-9,12-16H2,1-4H3,(H2,22,23,24). The number of aliphatic imine (C=N–C) groups is 1. The lowest BCUT2D eigenvalue weighted by Gasteiger charge is -2.40. The summed E-state index contributed by atoms with van der Waals surface area (Å²) in [5.74, 6) is 0.763. The van der Waals surface area contributed by atoms with Crippen LogP contribution in [0.1, 0.15) is 39.2 Å². The highest BCUT2D eigenvalue weighted by Crippen LogP contribution is 2.15. The summed E-state index contributed by atoms with van der Waals surface area (Å²) in [5.41, 5.74) is 0.740. The Labute approximate surface area is 168 Å². The summed E-state index contributed by atoms with van der Waals surface area (Å²) in [6.45, 7) is 9.11. The van der Waals surface area contributed by atoms with Crippen LogP contribution in [0.5, 0.6) is 0 Å². The first kappa shape index (κ1) is 22.0. The Morgan fingerprint density at radius 3 is 2.57 bits per heavy atom. The third kappa shape index (κ3) is 8.17. The number of unbranched alkanes of at least 4 members (excludes halogenated alkanes) is 1. The molecule has 0 spiro atoms. The molecule has 0 aliphatic carbocycles. The molecule has 1 aromatic carbocycles. The Balaban J connectivity index is 1.51. The molecular formula is C21H34N4O3. The maximum Gasteiger partial charge on any atom is 0.410 e. The number of hydrogen-bond acceptors (Lipinski definition) is 4. The van der Waals surface area contributed by atoms with E-state index in [1.807, 2.05) is 39.0 Å². The van der Waals surface area contributed by atoms with Crippen molar-refractivity contribution in [2.24, 2.45) is 4.99 Å². The van der Waals surface area contributed by atoms with Crippen molar-refractivity contribution in [2.45, 2.75) is 51.9 Å². The highest BCUT2D eigenvalue weighted by atomic mass is 16.6. The molecule has 7 nitrogen and oxygen atoms in total. The number of guanidine groups is 1. The van der Waals surface area contributed by atoms with E-state index in [9.17, 15) is 4.79 Å². The second-order valence-corrected chi connectivity index (χ2v) is 7.97. The van der Waals surface area contributed by atoms with Crippen LogP contribution in [0, 0.1) is 0 Å². The van der Waals surface area contributed by atoms with E-state index in [0.717, 1.165) is 32.0 Å². The maximum absolute atomic E-state index is 11.9. The summed E-state index contributed by atoms with van der Waals surface area (Å²) < 4.78 is 11.1. The fraction of sp³-hybridized carbons (Fsp3) is 0.619. The van der Waals surface area contributed by atoms with Crippen molar-refractivity contribution in [1.29, 1.82) is 0 Å². The Kier molecular flexibility index (Phi) is 8.57. The van der Waals surface area contributed by atoms with Gasteiger partial charge in [-0.1, -0.05) is 30.3 Å². The van der Waals surface area contributed by atoms with E-state index in [1.165, 1.54) is 5.56 Å². The van der Waals surface area contributed by atoms with Crippen molar-refractivity contribution in [1.82, 2.24) is 15.5 Å². The number of carbonyl (C=O) groups is 1. The van der Waals surface area contributed by atoms with E-state index >= 15 is 0 Å². The van der Waals surface area contributed by atoms with Gasteiger partial charge in [-0.15, -0.1) is 0 Å². The third-order valence-electron chi connectivity index (χ3n) is 4.22. The number of rotatable bonds is 8. The largest absolute Gasteiger partial charge is 0.444 e. The third-order valence-corrected chi connectivity index (χ3v) is 4.22. The number of nitrogens with zero attached hydrogens (tertiary/aromatic N) is 2. The van der Waals surface area contributed by atoms with Crippen LogP contribution in [0.15, 0.2) is 35.3 Å². The molecule has 2 N–H and O–H groups in total. The van der Waals surface area contributed by atoms with Gasteiger partial charge in [0.25, 0.3) is 0 Å². The highest BCUT2D eigenvalue weighted by Gasteiger charge is 2.34. The van der Waals surface area contributed by atoms with Gasteiger partial charge in [-0.3, -0.25) is 4.99 Å². The lowest BCUT2D eigenvalue weighted by Crippen LogP contribution is -2.63. The number of ether oxygens (including phenoxy) is 2. The van der Waals surface area contributed by atoms with Crippen LogP contribution >= 0.6 is 0 Å². The molecule has 0 saturated carbocycles. The molecule has 0 aromatic heterocycles. The summed E-state index contributed by atoms with van der Waals surface area (Å²) in [6.07, 6.45) is 1.74. The van der Waals surface area contributed by atoms with Crippen LogP contribution in [-0.4, -0.2) is 61.9 Å². The summed E-state index contributed by atoms with van der Waals surface area (Å²) in [6, 6.07) is 10.4. The lowest BCUT2D eigenvalue weighted by atomic mass is 10.1. The van der Waals surface area contributed by atoms with Gasteiger partial charge in [0.05, 0.1) is 12.6 Å². The van der Waals surface area contributed by atoms with E-state index in [2.05, 4.69) is 27.8 Å². The second-order valence-electron chi connectivity index (χ2n) is 7.97. The van der Waals surface area contributed by atoms with Crippen LogP contribution in [0.4, 0.5) is 4.79 Å². The van der Waals surface area contributed by atoms with Gasteiger partial charge < -0.3 is 25.0 Å². The topological polar surface area (TPSA) is 75.2 Å². The Morgan fingerprint density at radius 1 is 1.21 bits per heavy atom. The predicted molar refractivity (Wildman–Crippen MR) is 111 cm³/mol. The van der Waals surface area contributed by atoms with E-state index in [4.69, 9.17) is 9.47 Å². The molecule has 28 heavy (non-hydrogen) atoms. The fourth-order valence-corrected chi connectivity index (χ4v) is 2.73. The molecule has 1 amide bonds. The van der Waals surface area contributed by atoms with Gasteiger partial charge in [0.1, 0.15) is 5.60 Å². The monoisotopic (exact) mass is 390 g/mol. The number of carbonyl (C=O) groups excluding carboxylic acids is 1. The van der Waals surface area contributed by atoms with Crippen molar-refractivity contribution < 1.29 is 14.3 Å². The molecule has 156 valence electrons. The minimum absolute atomic E-state index is 0.202. The second kappa shape index (κ2) is 10.9. The van der Waals surface area contributed by atoms with E-state index in [1.54, 1.807) is 11.9 Å². The molecule has 2 rings (SSSR count). The van der Waals surface area contributed by atoms with Crippen molar-refractivity contribution >= 4 is 12.1 Å². The minimum Gasteiger partial charge on any atom is -0.444 e. The number of hydrogen-bond donors (Lipinski definition) is 2. The molecule has 0 radical (unpaired) electrons. The SMILES string of the molecule is CN=C(NCCCCOCc1ccccc1)NC1CN(C(=O)OC(C)(C)C)C1. The first-order chi connectivity index (χ1) is 13.4. The minimum atomic E-state index is -0.460. The molecule has 7 heteroatoms. The summed E-state index contributed by atoms with van der Waals surface area (Å²) >= 11 is 0. The molecule has 0 atom stereocenters. The Bertz CT molecular complexity index is 622. The molecule has 1 saturated heterocycles. The van der Waals surface area contributed by atoms with Gasteiger partial charge in [0.2, 0.25) is 0 Å². The van der Waals surface area contributed by atoms with Crippen LogP contribution < -0.4 is 10.6 Å². The van der Waals surface area contributed by atoms with Gasteiger partial charge >= 0.3 is 6.09 Å². The Hall–Kier alpha value is -2.28. The lowest BCUT2D eigenvalue weighted by molar-refractivity contribution is 0.00701. The quantitative estimate of drug-likeness (QED) is 0.406. The van der Waals surface area contributed by atoms with Gasteiger partial charge in [-0.2, -0.15) is 0 Å². The number of benzene rings is 1. The zero-order valence-corrected chi connectivity index (χ0v) is 17.5. The smallest absolute Gasteiger partial charge is 0.410 e. The van der Waals surface area contributed by atoms with Crippen molar-refractivity contribution in [3.8, 4) is 0 Å². The summed E-state index contributed by atoms with van der Waals surface area (Å²) in [5, 5.41) is 6.64. The molecule has 1 fully saturated rings. The van der Waals surface area contributed by atoms with Crippen molar-refractivity contribution in [3.63, 3.8) is 0 Å². The van der Waals surface area contributed by atoms with Gasteiger partial charge in [0, 0.05) is 33.3 Å². The average molecular weight is 391 g/mol. The van der Waals surface area contributed by atoms with Crippen molar-refractivity contribution in [3.05, 3.63) is 35.9 Å². The van der Waals surface area contributed by atoms with Crippen LogP contribution in [0.2, 0.25) is 0 Å². The van der Waals surface area contributed by atoms with Gasteiger partial charge in [0.15, 0.2) is 5.96 Å². The zero-order chi connectivity index (χ0) is 20.4. The van der Waals surface area contributed by atoms with Crippen LogP contribution in [0.25, 0.3) is 0 Å². The van der Waals surface area contributed by atoms with E-state index in [0.29, 0.717) is 19.7 Å². The molecule has 1 aromatic rings. The molecule has 1 aliphatic rings.